The van der Waals surface area contributed by atoms with Crippen LogP contribution in [0.5, 0.6) is 0 Å². The van der Waals surface area contributed by atoms with Crippen molar-refractivity contribution in [2.24, 2.45) is 11.8 Å². The van der Waals surface area contributed by atoms with Crippen molar-refractivity contribution in [2.75, 3.05) is 13.1 Å². The summed E-state index contributed by atoms with van der Waals surface area (Å²) in [6.45, 7) is 4.13. The summed E-state index contributed by atoms with van der Waals surface area (Å²) in [6, 6.07) is -0.383. The lowest BCUT2D eigenvalue weighted by molar-refractivity contribution is -0.142. The normalized spacial score (nSPS) is 12.2. The first-order chi connectivity index (χ1) is 9.00. The summed E-state index contributed by atoms with van der Waals surface area (Å²) in [5, 5.41) is 20.5. The van der Waals surface area contributed by atoms with Crippen LogP contribution >= 0.6 is 0 Å². The summed E-state index contributed by atoms with van der Waals surface area (Å²) < 4.78 is 0. The third-order valence-electron chi connectivity index (χ3n) is 2.72. The molecule has 0 spiro atoms. The number of carbonyl (C=O) groups excluding carboxylic acids is 1. The van der Waals surface area contributed by atoms with E-state index in [-0.39, 0.29) is 18.5 Å². The van der Waals surface area contributed by atoms with Gasteiger partial charge in [0, 0.05) is 19.5 Å². The molecule has 0 aliphatic carbocycles. The zero-order valence-electron chi connectivity index (χ0n) is 11.0. The minimum absolute atomic E-state index is 0.0352. The van der Waals surface area contributed by atoms with E-state index in [0.717, 1.165) is 0 Å². The van der Waals surface area contributed by atoms with Gasteiger partial charge in [0.1, 0.15) is 12.2 Å². The van der Waals surface area contributed by atoms with Crippen LogP contribution in [0.15, 0.2) is 6.33 Å². The number of hydrogen-bond acceptors (Lipinski definition) is 4. The highest BCUT2D eigenvalue weighted by molar-refractivity contribution is 5.75. The average Bonchev–Trinajstić information content (AvgIpc) is 2.81. The molecule has 1 aromatic heterocycles. The summed E-state index contributed by atoms with van der Waals surface area (Å²) in [5.41, 5.74) is 0. The van der Waals surface area contributed by atoms with Crippen LogP contribution < -0.4 is 10.6 Å². The summed E-state index contributed by atoms with van der Waals surface area (Å²) >= 11 is 0. The molecule has 0 aromatic carbocycles. The van der Waals surface area contributed by atoms with E-state index in [0.29, 0.717) is 18.8 Å². The minimum atomic E-state index is -0.906. The van der Waals surface area contributed by atoms with Crippen LogP contribution in [-0.2, 0) is 11.2 Å². The molecule has 8 heteroatoms. The van der Waals surface area contributed by atoms with Gasteiger partial charge in [0.25, 0.3) is 0 Å². The maximum Gasteiger partial charge on any atom is 0.314 e. The number of amides is 2. The zero-order chi connectivity index (χ0) is 14.3. The monoisotopic (exact) mass is 269 g/mol. The molecule has 19 heavy (non-hydrogen) atoms. The van der Waals surface area contributed by atoms with Crippen LogP contribution in [-0.4, -0.2) is 45.4 Å². The van der Waals surface area contributed by atoms with Gasteiger partial charge in [-0.3, -0.25) is 9.89 Å². The van der Waals surface area contributed by atoms with Gasteiger partial charge >= 0.3 is 12.0 Å². The standard InChI is InChI=1S/C11H19N5O3/c1-7(2)8(10(17)18)5-13-11(19)12-4-3-9-14-6-15-16-9/h6-8H,3-5H2,1-2H3,(H,17,18)(H2,12,13,19)(H,14,15,16). The van der Waals surface area contributed by atoms with Gasteiger partial charge in [0.15, 0.2) is 0 Å². The summed E-state index contributed by atoms with van der Waals surface area (Å²) in [7, 11) is 0. The number of rotatable bonds is 7. The van der Waals surface area contributed by atoms with Gasteiger partial charge < -0.3 is 15.7 Å². The molecule has 0 saturated carbocycles. The number of aliphatic carboxylic acids is 1. The number of nitrogens with zero attached hydrogens (tertiary/aromatic N) is 2. The van der Waals surface area contributed by atoms with Crippen molar-refractivity contribution in [1.29, 1.82) is 0 Å². The number of aromatic amines is 1. The molecule has 0 radical (unpaired) electrons. The van der Waals surface area contributed by atoms with Crippen molar-refractivity contribution >= 4 is 12.0 Å². The van der Waals surface area contributed by atoms with E-state index in [2.05, 4.69) is 25.8 Å². The Labute approximate surface area is 111 Å². The van der Waals surface area contributed by atoms with Gasteiger partial charge in [-0.1, -0.05) is 13.8 Å². The Bertz CT molecular complexity index is 404. The molecule has 1 rings (SSSR count). The molecule has 0 aliphatic heterocycles. The zero-order valence-corrected chi connectivity index (χ0v) is 11.0. The Hall–Kier alpha value is -2.12. The van der Waals surface area contributed by atoms with Gasteiger partial charge in [-0.05, 0) is 5.92 Å². The number of aromatic nitrogens is 3. The average molecular weight is 269 g/mol. The molecule has 0 bridgehead atoms. The molecule has 106 valence electrons. The predicted octanol–water partition coefficient (Wildman–Crippen LogP) is 0.00320. The van der Waals surface area contributed by atoms with Gasteiger partial charge in [0.05, 0.1) is 5.92 Å². The Morgan fingerprint density at radius 1 is 1.42 bits per heavy atom. The maximum atomic E-state index is 11.5. The third-order valence-corrected chi connectivity index (χ3v) is 2.72. The van der Waals surface area contributed by atoms with Crippen molar-refractivity contribution in [3.05, 3.63) is 12.2 Å². The lowest BCUT2D eigenvalue weighted by Crippen LogP contribution is -2.41. The van der Waals surface area contributed by atoms with Gasteiger partial charge in [-0.25, -0.2) is 9.78 Å². The Balaban J connectivity index is 2.22. The molecule has 8 nitrogen and oxygen atoms in total. The second-order valence-electron chi connectivity index (χ2n) is 4.51. The van der Waals surface area contributed by atoms with E-state index < -0.39 is 11.9 Å². The predicted molar refractivity (Wildman–Crippen MR) is 67.5 cm³/mol. The summed E-state index contributed by atoms with van der Waals surface area (Å²) in [5.74, 6) is -0.838. The van der Waals surface area contributed by atoms with E-state index in [1.54, 1.807) is 0 Å². The largest absolute Gasteiger partial charge is 0.481 e. The molecule has 4 N–H and O–H groups in total. The van der Waals surface area contributed by atoms with Gasteiger partial charge in [-0.2, -0.15) is 5.10 Å². The smallest absolute Gasteiger partial charge is 0.314 e. The topological polar surface area (TPSA) is 120 Å². The first kappa shape index (κ1) is 14.9. The number of carbonyl (C=O) groups is 2. The second kappa shape index (κ2) is 7.34. The molecule has 0 saturated heterocycles. The summed E-state index contributed by atoms with van der Waals surface area (Å²) in [4.78, 5) is 26.3. The Kier molecular flexibility index (Phi) is 5.77. The summed E-state index contributed by atoms with van der Waals surface area (Å²) in [6.07, 6.45) is 1.94. The lowest BCUT2D eigenvalue weighted by Gasteiger charge is -2.16. The first-order valence-electron chi connectivity index (χ1n) is 6.09. The fourth-order valence-corrected chi connectivity index (χ4v) is 1.52. The number of carboxylic acids is 1. The maximum absolute atomic E-state index is 11.5. The van der Waals surface area contributed by atoms with E-state index in [1.807, 2.05) is 13.8 Å². The van der Waals surface area contributed by atoms with Crippen molar-refractivity contribution in [3.8, 4) is 0 Å². The lowest BCUT2D eigenvalue weighted by atomic mass is 9.96. The molecule has 2 amide bonds. The third kappa shape index (κ3) is 5.36. The molecule has 1 atom stereocenters. The van der Waals surface area contributed by atoms with Crippen molar-refractivity contribution < 1.29 is 14.7 Å². The Morgan fingerprint density at radius 2 is 2.16 bits per heavy atom. The molecule has 0 aliphatic rings. The minimum Gasteiger partial charge on any atom is -0.481 e. The SMILES string of the molecule is CC(C)C(CNC(=O)NCCc1ncn[nH]1)C(=O)O. The second-order valence-corrected chi connectivity index (χ2v) is 4.51. The quantitative estimate of drug-likeness (QED) is 0.555. The molecule has 0 fully saturated rings. The van der Waals surface area contributed by atoms with Crippen LogP contribution in [0.2, 0.25) is 0 Å². The van der Waals surface area contributed by atoms with E-state index in [1.165, 1.54) is 6.33 Å². The van der Waals surface area contributed by atoms with E-state index in [9.17, 15) is 9.59 Å². The molecular formula is C11H19N5O3. The van der Waals surface area contributed by atoms with Crippen molar-refractivity contribution in [3.63, 3.8) is 0 Å². The fourth-order valence-electron chi connectivity index (χ4n) is 1.52. The van der Waals surface area contributed by atoms with Crippen LogP contribution in [0.1, 0.15) is 19.7 Å². The van der Waals surface area contributed by atoms with Crippen LogP contribution in [0.25, 0.3) is 0 Å². The van der Waals surface area contributed by atoms with Crippen molar-refractivity contribution in [2.45, 2.75) is 20.3 Å². The molecule has 1 aromatic rings. The number of hydrogen-bond donors (Lipinski definition) is 4. The van der Waals surface area contributed by atoms with Crippen LogP contribution in [0.4, 0.5) is 4.79 Å². The molecule has 1 heterocycles. The highest BCUT2D eigenvalue weighted by Gasteiger charge is 2.21. The molecule has 1 unspecified atom stereocenters. The van der Waals surface area contributed by atoms with Crippen molar-refractivity contribution in [1.82, 2.24) is 25.8 Å². The fraction of sp³-hybridized carbons (Fsp3) is 0.636. The van der Waals surface area contributed by atoms with Crippen LogP contribution in [0.3, 0.4) is 0 Å². The highest BCUT2D eigenvalue weighted by Crippen LogP contribution is 2.09. The highest BCUT2D eigenvalue weighted by atomic mass is 16.4. The number of H-pyrrole nitrogens is 1. The first-order valence-corrected chi connectivity index (χ1v) is 6.09. The number of carboxylic acid groups (broad SMARTS) is 1. The van der Waals surface area contributed by atoms with Gasteiger partial charge in [-0.15, -0.1) is 0 Å². The van der Waals surface area contributed by atoms with Gasteiger partial charge in [0.2, 0.25) is 0 Å². The molecular weight excluding hydrogens is 250 g/mol. The van der Waals surface area contributed by atoms with E-state index in [4.69, 9.17) is 5.11 Å². The number of urea groups is 1. The van der Waals surface area contributed by atoms with Crippen LogP contribution in [0, 0.1) is 11.8 Å². The number of nitrogens with one attached hydrogen (secondary N) is 3. The Morgan fingerprint density at radius 3 is 2.68 bits per heavy atom. The van der Waals surface area contributed by atoms with E-state index >= 15 is 0 Å².